The fourth-order valence-electron chi connectivity index (χ4n) is 13.8. The molecule has 0 aromatic heterocycles. The maximum absolute atomic E-state index is 2.53. The van der Waals surface area contributed by atoms with Crippen LogP contribution in [-0.2, 0) is 5.41 Å². The molecule has 0 radical (unpaired) electrons. The Bertz CT molecular complexity index is 4980. The Morgan fingerprint density at radius 1 is 0.190 bits per heavy atom. The van der Waals surface area contributed by atoms with Crippen molar-refractivity contribution in [3.63, 3.8) is 0 Å². The fraction of sp³-hybridized carbons (Fsp3) is 0.0380. The second-order valence-electron chi connectivity index (χ2n) is 22.3. The molecule has 0 heterocycles. The zero-order valence-corrected chi connectivity index (χ0v) is 44.1. The van der Waals surface area contributed by atoms with Crippen LogP contribution in [0.5, 0.6) is 0 Å². The summed E-state index contributed by atoms with van der Waals surface area (Å²) in [5.41, 5.74) is 20.0. The molecule has 16 rings (SSSR count). The highest BCUT2D eigenvalue weighted by atomic mass is 14.4. The van der Waals surface area contributed by atoms with Crippen molar-refractivity contribution < 1.29 is 0 Å². The first kappa shape index (κ1) is 45.3. The van der Waals surface area contributed by atoms with Crippen molar-refractivity contribution >= 4 is 75.4 Å². The first-order chi connectivity index (χ1) is 38.9. The molecule has 0 saturated carbocycles. The van der Waals surface area contributed by atoms with Crippen molar-refractivity contribution in [2.75, 3.05) is 0 Å². The predicted molar refractivity (Wildman–Crippen MR) is 339 cm³/mol. The van der Waals surface area contributed by atoms with Crippen LogP contribution >= 0.6 is 0 Å². The van der Waals surface area contributed by atoms with Gasteiger partial charge in [0.2, 0.25) is 0 Å². The average Bonchev–Trinajstić information content (AvgIpc) is 3.95. The van der Waals surface area contributed by atoms with E-state index in [-0.39, 0.29) is 5.41 Å². The van der Waals surface area contributed by atoms with Crippen molar-refractivity contribution in [2.45, 2.75) is 19.3 Å². The van der Waals surface area contributed by atoms with Crippen LogP contribution in [0, 0.1) is 0 Å². The quantitative estimate of drug-likeness (QED) is 0.115. The largest absolute Gasteiger partial charge is 0.0622 e. The Kier molecular flexibility index (Phi) is 10.1. The zero-order chi connectivity index (χ0) is 52.3. The zero-order valence-electron chi connectivity index (χ0n) is 44.1. The van der Waals surface area contributed by atoms with Crippen molar-refractivity contribution in [2.24, 2.45) is 0 Å². The van der Waals surface area contributed by atoms with Gasteiger partial charge in [-0.3, -0.25) is 0 Å². The Morgan fingerprint density at radius 2 is 0.570 bits per heavy atom. The predicted octanol–water partition coefficient (Wildman–Crippen LogP) is 22.1. The van der Waals surface area contributed by atoms with Crippen LogP contribution in [0.1, 0.15) is 25.0 Å². The molecule has 0 aliphatic heterocycles. The van der Waals surface area contributed by atoms with E-state index in [9.17, 15) is 0 Å². The molecule has 0 nitrogen and oxygen atoms in total. The van der Waals surface area contributed by atoms with Crippen LogP contribution in [0.4, 0.5) is 0 Å². The molecular formula is C79H52. The van der Waals surface area contributed by atoms with Gasteiger partial charge in [-0.25, -0.2) is 0 Å². The minimum atomic E-state index is -0.111. The van der Waals surface area contributed by atoms with Crippen LogP contribution in [0.3, 0.4) is 0 Å². The second-order valence-corrected chi connectivity index (χ2v) is 22.3. The fourth-order valence-corrected chi connectivity index (χ4v) is 13.8. The number of hydrogen-bond acceptors (Lipinski definition) is 0. The molecule has 79 heavy (non-hydrogen) atoms. The molecule has 0 atom stereocenters. The molecule has 0 heteroatoms. The molecule has 1 aliphatic carbocycles. The number of fused-ring (bicyclic) bond motifs is 11. The van der Waals surface area contributed by atoms with Crippen molar-refractivity contribution in [1.29, 1.82) is 0 Å². The van der Waals surface area contributed by atoms with E-state index >= 15 is 0 Å². The second kappa shape index (κ2) is 17.6. The minimum Gasteiger partial charge on any atom is -0.0622 e. The summed E-state index contributed by atoms with van der Waals surface area (Å²) in [6.07, 6.45) is 0. The molecule has 368 valence electrons. The molecule has 0 amide bonds. The number of benzene rings is 15. The van der Waals surface area contributed by atoms with E-state index < -0.39 is 0 Å². The Hall–Kier alpha value is -9.88. The first-order valence-corrected chi connectivity index (χ1v) is 27.7. The van der Waals surface area contributed by atoms with E-state index in [0.717, 1.165) is 0 Å². The number of hydrogen-bond donors (Lipinski definition) is 0. The van der Waals surface area contributed by atoms with E-state index in [2.05, 4.69) is 293 Å². The Morgan fingerprint density at radius 3 is 1.13 bits per heavy atom. The smallest absolute Gasteiger partial charge is 0.0159 e. The average molecular weight is 1000 g/mol. The molecule has 0 fully saturated rings. The van der Waals surface area contributed by atoms with E-state index in [0.29, 0.717) is 0 Å². The Balaban J connectivity index is 0.998. The van der Waals surface area contributed by atoms with Gasteiger partial charge in [-0.2, -0.15) is 0 Å². The van der Waals surface area contributed by atoms with Crippen molar-refractivity contribution in [3.05, 3.63) is 290 Å². The first-order valence-electron chi connectivity index (χ1n) is 27.7. The highest BCUT2D eigenvalue weighted by Gasteiger charge is 2.35. The van der Waals surface area contributed by atoms with Gasteiger partial charge in [0.05, 0.1) is 0 Å². The lowest BCUT2D eigenvalue weighted by Gasteiger charge is -2.23. The summed E-state index contributed by atoms with van der Waals surface area (Å²) in [6, 6.07) is 105. The molecule has 0 spiro atoms. The Labute approximate surface area is 460 Å². The highest BCUT2D eigenvalue weighted by Crippen LogP contribution is 2.53. The summed E-state index contributed by atoms with van der Waals surface area (Å²) in [5, 5.41) is 17.3. The summed E-state index contributed by atoms with van der Waals surface area (Å²) in [6.45, 7) is 4.76. The minimum absolute atomic E-state index is 0.111. The third-order valence-corrected chi connectivity index (χ3v) is 17.6. The molecular weight excluding hydrogens is 949 g/mol. The molecule has 15 aromatic carbocycles. The maximum atomic E-state index is 2.53. The van der Waals surface area contributed by atoms with Crippen LogP contribution in [0.25, 0.3) is 153 Å². The van der Waals surface area contributed by atoms with E-state index in [1.807, 2.05) is 0 Å². The standard InChI is InChI=1S/C79H52/c1-79(2)73-31-17-16-26-63(73)64-41-38-60(48-74(64)79)76-67-29-14-12-27-65(67)75(66-28-13-15-30-68(66)76)59-37-40-62-61-39-36-56(70-45-55-25-11-10-24-54(55)44-69(70)51-20-4-3-5-21-51)46-71(61)77(57-34-32-49-18-6-8-22-52(49)42-57)78(72(62)47-59)58-35-33-50-19-7-9-23-53(50)43-58/h3-48H,1-2H3. The van der Waals surface area contributed by atoms with Gasteiger partial charge in [0.15, 0.2) is 0 Å². The van der Waals surface area contributed by atoms with Gasteiger partial charge in [-0.1, -0.05) is 250 Å². The molecule has 0 bridgehead atoms. The summed E-state index contributed by atoms with van der Waals surface area (Å²) >= 11 is 0. The topological polar surface area (TPSA) is 0 Å². The van der Waals surface area contributed by atoms with Gasteiger partial charge in [-0.05, 0) is 207 Å². The molecule has 1 aliphatic rings. The third kappa shape index (κ3) is 7.08. The van der Waals surface area contributed by atoms with Crippen LogP contribution in [0.15, 0.2) is 279 Å². The summed E-state index contributed by atoms with van der Waals surface area (Å²) < 4.78 is 0. The molecule has 0 unspecified atom stereocenters. The van der Waals surface area contributed by atoms with Gasteiger partial charge in [0.1, 0.15) is 0 Å². The molecule has 0 N–H and O–H groups in total. The van der Waals surface area contributed by atoms with Gasteiger partial charge in [0, 0.05) is 5.41 Å². The molecule has 15 aromatic rings. The van der Waals surface area contributed by atoms with Crippen LogP contribution in [0.2, 0.25) is 0 Å². The maximum Gasteiger partial charge on any atom is 0.0159 e. The normalized spacial score (nSPS) is 12.8. The van der Waals surface area contributed by atoms with E-state index in [1.54, 1.807) is 0 Å². The van der Waals surface area contributed by atoms with Crippen molar-refractivity contribution in [1.82, 2.24) is 0 Å². The summed E-state index contributed by atoms with van der Waals surface area (Å²) in [7, 11) is 0. The van der Waals surface area contributed by atoms with Crippen LogP contribution in [-0.4, -0.2) is 0 Å². The highest BCUT2D eigenvalue weighted by molar-refractivity contribution is 6.26. The SMILES string of the molecule is CC1(C)c2ccccc2-c2ccc(-c3c4ccccc4c(-c4ccc5c(c4)c(-c4ccc6ccccc6c4)c(-c4ccc6ccccc6c4)c4cc(-c6cc7ccccc7cc6-c6ccccc6)ccc45)c4ccccc34)cc21. The third-order valence-electron chi connectivity index (χ3n) is 17.6. The van der Waals surface area contributed by atoms with Gasteiger partial charge < -0.3 is 0 Å². The summed E-state index contributed by atoms with van der Waals surface area (Å²) in [5.74, 6) is 0. The lowest BCUT2D eigenvalue weighted by Crippen LogP contribution is -2.14. The number of rotatable bonds is 6. The van der Waals surface area contributed by atoms with E-state index in [1.165, 1.54) is 164 Å². The lowest BCUT2D eigenvalue weighted by molar-refractivity contribution is 0.660. The van der Waals surface area contributed by atoms with Gasteiger partial charge >= 0.3 is 0 Å². The monoisotopic (exact) mass is 1000 g/mol. The molecule has 0 saturated heterocycles. The summed E-state index contributed by atoms with van der Waals surface area (Å²) in [4.78, 5) is 0. The van der Waals surface area contributed by atoms with Gasteiger partial charge in [0.25, 0.3) is 0 Å². The van der Waals surface area contributed by atoms with E-state index in [4.69, 9.17) is 0 Å². The van der Waals surface area contributed by atoms with Crippen LogP contribution < -0.4 is 0 Å². The van der Waals surface area contributed by atoms with Crippen molar-refractivity contribution in [3.8, 4) is 77.9 Å². The van der Waals surface area contributed by atoms with Gasteiger partial charge in [-0.15, -0.1) is 0 Å². The lowest BCUT2D eigenvalue weighted by atomic mass is 9.80.